The maximum absolute atomic E-state index is 10.9. The molecular weight excluding hydrogens is 298 g/mol. The van der Waals surface area contributed by atoms with Crippen LogP contribution in [-0.2, 0) is 3.79 Å². The summed E-state index contributed by atoms with van der Waals surface area (Å²) in [5.74, 6) is -1.23. The van der Waals surface area contributed by atoms with Crippen LogP contribution in [0.5, 0.6) is 5.75 Å². The number of benzene rings is 1. The lowest BCUT2D eigenvalue weighted by molar-refractivity contribution is 0.0693. The Morgan fingerprint density at radius 3 is 2.31 bits per heavy atom. The van der Waals surface area contributed by atoms with Gasteiger partial charge in [-0.2, -0.15) is 0 Å². The molecule has 0 fully saturated rings. The fourth-order valence-corrected chi connectivity index (χ4v) is 1.82. The van der Waals surface area contributed by atoms with Crippen molar-refractivity contribution >= 4 is 52.4 Å². The minimum atomic E-state index is -1.81. The molecule has 1 rings (SSSR count). The van der Waals surface area contributed by atoms with Crippen molar-refractivity contribution < 1.29 is 14.6 Å². The first-order valence-electron chi connectivity index (χ1n) is 3.95. The molecule has 0 heterocycles. The van der Waals surface area contributed by atoms with Crippen LogP contribution < -0.4 is 4.74 Å². The average Bonchev–Trinajstić information content (AvgIpc) is 2.14. The summed E-state index contributed by atoms with van der Waals surface area (Å²) in [5.41, 5.74) is -0.0683. The zero-order chi connectivity index (χ0) is 12.5. The number of carboxylic acid groups (broad SMARTS) is 1. The first-order valence-corrected chi connectivity index (χ1v) is 5.46. The van der Waals surface area contributed by atoms with Gasteiger partial charge < -0.3 is 9.84 Å². The lowest BCUT2D eigenvalue weighted by Crippen LogP contribution is -2.09. The molecule has 0 atom stereocenters. The molecule has 0 aromatic heterocycles. The fourth-order valence-electron chi connectivity index (χ4n) is 1.18. The van der Waals surface area contributed by atoms with Crippen LogP contribution in [-0.4, -0.2) is 18.2 Å². The minimum Gasteiger partial charge on any atom is -0.495 e. The van der Waals surface area contributed by atoms with E-state index >= 15 is 0 Å². The van der Waals surface area contributed by atoms with E-state index in [9.17, 15) is 4.79 Å². The molecular formula is C9H6Cl4O3. The maximum Gasteiger partial charge on any atom is 0.339 e. The summed E-state index contributed by atoms with van der Waals surface area (Å²) in [7, 11) is 1.29. The maximum atomic E-state index is 10.9. The summed E-state index contributed by atoms with van der Waals surface area (Å²) in [6.07, 6.45) is 0. The molecule has 0 saturated heterocycles. The Kier molecular flexibility index (Phi) is 4.18. The second kappa shape index (κ2) is 4.88. The second-order valence-electron chi connectivity index (χ2n) is 2.84. The monoisotopic (exact) mass is 302 g/mol. The number of alkyl halides is 3. The Balaban J connectivity index is 3.55. The van der Waals surface area contributed by atoms with Crippen molar-refractivity contribution in [3.05, 3.63) is 28.3 Å². The molecule has 16 heavy (non-hydrogen) atoms. The van der Waals surface area contributed by atoms with E-state index in [2.05, 4.69) is 0 Å². The van der Waals surface area contributed by atoms with Crippen molar-refractivity contribution in [2.24, 2.45) is 0 Å². The van der Waals surface area contributed by atoms with Crippen LogP contribution in [0.15, 0.2) is 12.1 Å². The van der Waals surface area contributed by atoms with Crippen LogP contribution in [0.1, 0.15) is 15.9 Å². The van der Waals surface area contributed by atoms with E-state index in [4.69, 9.17) is 56.2 Å². The number of hydrogen-bond acceptors (Lipinski definition) is 2. The molecule has 0 saturated carbocycles. The summed E-state index contributed by atoms with van der Waals surface area (Å²) < 4.78 is 3.12. The first kappa shape index (κ1) is 13.7. The molecule has 1 N–H and O–H groups in total. The molecule has 0 radical (unpaired) electrons. The van der Waals surface area contributed by atoms with E-state index in [-0.39, 0.29) is 21.9 Å². The fraction of sp³-hybridized carbons (Fsp3) is 0.222. The van der Waals surface area contributed by atoms with Crippen LogP contribution in [0.4, 0.5) is 0 Å². The highest BCUT2D eigenvalue weighted by Crippen LogP contribution is 2.45. The first-order chi connectivity index (χ1) is 7.27. The molecule has 0 unspecified atom stereocenters. The summed E-state index contributed by atoms with van der Waals surface area (Å²) in [5, 5.41) is 9.10. The molecule has 3 nitrogen and oxygen atoms in total. The number of carboxylic acids is 1. The Hall–Kier alpha value is -0.350. The van der Waals surface area contributed by atoms with Gasteiger partial charge in [0.05, 0.1) is 7.11 Å². The van der Waals surface area contributed by atoms with Gasteiger partial charge in [-0.3, -0.25) is 0 Å². The molecule has 0 amide bonds. The van der Waals surface area contributed by atoms with Crippen LogP contribution in [0.25, 0.3) is 0 Å². The van der Waals surface area contributed by atoms with E-state index in [1.54, 1.807) is 0 Å². The number of hydrogen-bond donors (Lipinski definition) is 1. The predicted octanol–water partition coefficient (Wildman–Crippen LogP) is 3.87. The van der Waals surface area contributed by atoms with Gasteiger partial charge in [-0.15, -0.1) is 0 Å². The van der Waals surface area contributed by atoms with Crippen LogP contribution in [0, 0.1) is 0 Å². The summed E-state index contributed by atoms with van der Waals surface area (Å²) in [4.78, 5) is 10.9. The van der Waals surface area contributed by atoms with Gasteiger partial charge in [-0.05, 0) is 12.1 Å². The molecule has 0 aliphatic rings. The smallest absolute Gasteiger partial charge is 0.339 e. The zero-order valence-electron chi connectivity index (χ0n) is 7.93. The molecule has 1 aromatic carbocycles. The highest BCUT2D eigenvalue weighted by atomic mass is 35.6. The van der Waals surface area contributed by atoms with Gasteiger partial charge in [0.25, 0.3) is 0 Å². The lowest BCUT2D eigenvalue weighted by Gasteiger charge is -2.17. The lowest BCUT2D eigenvalue weighted by atomic mass is 10.1. The largest absolute Gasteiger partial charge is 0.495 e. The van der Waals surface area contributed by atoms with E-state index < -0.39 is 9.76 Å². The third kappa shape index (κ3) is 2.86. The van der Waals surface area contributed by atoms with Crippen molar-refractivity contribution in [3.8, 4) is 5.75 Å². The quantitative estimate of drug-likeness (QED) is 0.844. The number of halogens is 4. The standard InChI is InChI=1S/C9H6Cl4O3/c1-16-7-5(8(14)15)2-4(10)3-6(7)9(11,12)13/h2-3H,1H3,(H,14,15). The second-order valence-corrected chi connectivity index (χ2v) is 5.55. The Morgan fingerprint density at radius 2 is 1.94 bits per heavy atom. The van der Waals surface area contributed by atoms with Gasteiger partial charge in [0, 0.05) is 10.6 Å². The van der Waals surface area contributed by atoms with Crippen molar-refractivity contribution in [3.63, 3.8) is 0 Å². The number of aromatic carboxylic acids is 1. The Bertz CT molecular complexity index is 425. The van der Waals surface area contributed by atoms with E-state index in [0.29, 0.717) is 0 Å². The number of carbonyl (C=O) groups is 1. The highest BCUT2D eigenvalue weighted by molar-refractivity contribution is 6.67. The molecule has 0 aliphatic heterocycles. The average molecular weight is 304 g/mol. The topological polar surface area (TPSA) is 46.5 Å². The summed E-state index contributed by atoms with van der Waals surface area (Å²) in [6, 6.07) is 2.57. The van der Waals surface area contributed by atoms with Gasteiger partial charge in [0.1, 0.15) is 11.3 Å². The SMILES string of the molecule is COc1c(C(=O)O)cc(Cl)cc1C(Cl)(Cl)Cl. The molecule has 1 aromatic rings. The highest BCUT2D eigenvalue weighted by Gasteiger charge is 2.30. The normalized spacial score (nSPS) is 11.3. The van der Waals surface area contributed by atoms with Crippen LogP contribution >= 0.6 is 46.4 Å². The van der Waals surface area contributed by atoms with Crippen molar-refractivity contribution in [2.75, 3.05) is 7.11 Å². The molecule has 7 heteroatoms. The van der Waals surface area contributed by atoms with Crippen molar-refractivity contribution in [1.29, 1.82) is 0 Å². The van der Waals surface area contributed by atoms with Crippen LogP contribution in [0.2, 0.25) is 5.02 Å². The molecule has 0 aliphatic carbocycles. The Morgan fingerprint density at radius 1 is 1.38 bits per heavy atom. The zero-order valence-corrected chi connectivity index (χ0v) is 11.0. The summed E-state index contributed by atoms with van der Waals surface area (Å²) in [6.45, 7) is 0. The third-order valence-electron chi connectivity index (χ3n) is 1.79. The van der Waals surface area contributed by atoms with Crippen LogP contribution in [0.3, 0.4) is 0 Å². The van der Waals surface area contributed by atoms with Gasteiger partial charge in [0.2, 0.25) is 3.79 Å². The van der Waals surface area contributed by atoms with Gasteiger partial charge in [0.15, 0.2) is 0 Å². The van der Waals surface area contributed by atoms with E-state index in [1.807, 2.05) is 0 Å². The van der Waals surface area contributed by atoms with E-state index in [0.717, 1.165) is 0 Å². The van der Waals surface area contributed by atoms with Gasteiger partial charge in [-0.1, -0.05) is 46.4 Å². The molecule has 0 spiro atoms. The molecule has 88 valence electrons. The van der Waals surface area contributed by atoms with Gasteiger partial charge in [-0.25, -0.2) is 4.79 Å². The van der Waals surface area contributed by atoms with Gasteiger partial charge >= 0.3 is 5.97 Å². The number of ether oxygens (including phenoxy) is 1. The number of rotatable bonds is 2. The number of methoxy groups -OCH3 is 1. The summed E-state index contributed by atoms with van der Waals surface area (Å²) >= 11 is 22.8. The van der Waals surface area contributed by atoms with Crippen molar-refractivity contribution in [1.82, 2.24) is 0 Å². The molecule has 0 bridgehead atoms. The third-order valence-corrected chi connectivity index (χ3v) is 2.62. The van der Waals surface area contributed by atoms with Crippen molar-refractivity contribution in [2.45, 2.75) is 3.79 Å². The Labute approximate surface area is 112 Å². The minimum absolute atomic E-state index is 0.0168. The van der Waals surface area contributed by atoms with E-state index in [1.165, 1.54) is 19.2 Å². The predicted molar refractivity (Wildman–Crippen MR) is 64.2 cm³/mol.